The SMILES string of the molecule is CCC(F)COc1ccc(OCC(F)CC)c(C(F)(F)F)c1C(F)(F)F. The van der Waals surface area contributed by atoms with E-state index in [0.29, 0.717) is 12.1 Å². The highest BCUT2D eigenvalue weighted by Gasteiger charge is 2.48. The molecule has 0 aliphatic carbocycles. The molecular formula is C16H18F8O2. The molecule has 0 saturated carbocycles. The lowest BCUT2D eigenvalue weighted by Gasteiger charge is -2.23. The van der Waals surface area contributed by atoms with Gasteiger partial charge in [0.25, 0.3) is 0 Å². The van der Waals surface area contributed by atoms with Crippen LogP contribution in [0, 0.1) is 0 Å². The second kappa shape index (κ2) is 8.77. The van der Waals surface area contributed by atoms with Crippen molar-refractivity contribution < 1.29 is 44.6 Å². The molecule has 0 amide bonds. The molecule has 0 spiro atoms. The predicted octanol–water partition coefficient (Wildman–Crippen LogP) is 5.98. The number of benzene rings is 1. The average molecular weight is 394 g/mol. The van der Waals surface area contributed by atoms with Gasteiger partial charge in [0.1, 0.15) is 48.2 Å². The zero-order valence-electron chi connectivity index (χ0n) is 14.0. The first-order valence-corrected chi connectivity index (χ1v) is 7.76. The molecule has 0 aromatic heterocycles. The monoisotopic (exact) mass is 394 g/mol. The Kier molecular flexibility index (Phi) is 7.52. The van der Waals surface area contributed by atoms with Crippen LogP contribution in [0.2, 0.25) is 0 Å². The van der Waals surface area contributed by atoms with Gasteiger partial charge in [-0.05, 0) is 25.0 Å². The first kappa shape index (κ1) is 22.3. The minimum atomic E-state index is -5.45. The van der Waals surface area contributed by atoms with E-state index in [-0.39, 0.29) is 12.8 Å². The summed E-state index contributed by atoms with van der Waals surface area (Å²) in [5.41, 5.74) is -4.25. The van der Waals surface area contributed by atoms with Gasteiger partial charge in [0, 0.05) is 0 Å². The maximum atomic E-state index is 13.3. The van der Waals surface area contributed by atoms with Crippen LogP contribution in [0.15, 0.2) is 12.1 Å². The van der Waals surface area contributed by atoms with Gasteiger partial charge in [0.15, 0.2) is 0 Å². The molecule has 0 N–H and O–H groups in total. The summed E-state index contributed by atoms with van der Waals surface area (Å²) in [6.07, 6.45) is -14.3. The molecule has 0 radical (unpaired) electrons. The molecule has 26 heavy (non-hydrogen) atoms. The first-order valence-electron chi connectivity index (χ1n) is 7.76. The number of rotatable bonds is 8. The maximum absolute atomic E-state index is 13.3. The lowest BCUT2D eigenvalue weighted by Crippen LogP contribution is -2.22. The van der Waals surface area contributed by atoms with Crippen molar-refractivity contribution in [2.45, 2.75) is 51.4 Å². The number of ether oxygens (including phenoxy) is 2. The van der Waals surface area contributed by atoms with Gasteiger partial charge in [-0.1, -0.05) is 13.8 Å². The van der Waals surface area contributed by atoms with Gasteiger partial charge in [-0.2, -0.15) is 26.3 Å². The molecule has 0 aliphatic rings. The van der Waals surface area contributed by atoms with Crippen LogP contribution in [0.1, 0.15) is 37.8 Å². The maximum Gasteiger partial charge on any atom is 0.420 e. The van der Waals surface area contributed by atoms with Gasteiger partial charge in [-0.25, -0.2) is 8.78 Å². The summed E-state index contributed by atoms with van der Waals surface area (Å²) in [7, 11) is 0. The van der Waals surface area contributed by atoms with Gasteiger partial charge in [-0.15, -0.1) is 0 Å². The quantitative estimate of drug-likeness (QED) is 0.505. The Morgan fingerprint density at radius 2 is 1.04 bits per heavy atom. The summed E-state index contributed by atoms with van der Waals surface area (Å²) in [5, 5.41) is 0. The fraction of sp³-hybridized carbons (Fsp3) is 0.625. The smallest absolute Gasteiger partial charge is 0.420 e. The summed E-state index contributed by atoms with van der Waals surface area (Å²) in [5.74, 6) is -2.33. The van der Waals surface area contributed by atoms with E-state index in [0.717, 1.165) is 0 Å². The van der Waals surface area contributed by atoms with E-state index in [1.165, 1.54) is 13.8 Å². The Balaban J connectivity index is 3.42. The van der Waals surface area contributed by atoms with E-state index >= 15 is 0 Å². The molecule has 0 saturated heterocycles. The van der Waals surface area contributed by atoms with Gasteiger partial charge in [-0.3, -0.25) is 0 Å². The van der Waals surface area contributed by atoms with Gasteiger partial charge >= 0.3 is 12.4 Å². The highest BCUT2D eigenvalue weighted by molar-refractivity contribution is 5.52. The largest absolute Gasteiger partial charge is 0.490 e. The van der Waals surface area contributed by atoms with Gasteiger partial charge in [0.05, 0.1) is 0 Å². The summed E-state index contributed by atoms with van der Waals surface area (Å²) in [4.78, 5) is 0. The number of alkyl halides is 8. The van der Waals surface area contributed by atoms with Crippen LogP contribution in [0.3, 0.4) is 0 Å². The third-order valence-corrected chi connectivity index (χ3v) is 3.42. The Morgan fingerprint density at radius 1 is 0.731 bits per heavy atom. The molecule has 0 heterocycles. The molecular weight excluding hydrogens is 376 g/mol. The highest BCUT2D eigenvalue weighted by Crippen LogP contribution is 2.49. The number of halogens is 8. The highest BCUT2D eigenvalue weighted by atomic mass is 19.4. The van der Waals surface area contributed by atoms with Crippen molar-refractivity contribution in [3.63, 3.8) is 0 Å². The molecule has 1 aromatic carbocycles. The molecule has 0 bridgehead atoms. The summed E-state index contributed by atoms with van der Waals surface area (Å²) < 4.78 is 115. The van der Waals surface area contributed by atoms with Gasteiger partial charge in [0.2, 0.25) is 0 Å². The van der Waals surface area contributed by atoms with E-state index in [1.54, 1.807) is 0 Å². The minimum Gasteiger partial charge on any atom is -0.490 e. The van der Waals surface area contributed by atoms with Gasteiger partial charge < -0.3 is 9.47 Å². The fourth-order valence-corrected chi connectivity index (χ4v) is 1.96. The standard InChI is InChI=1S/C16H18F8O2/c1-3-9(17)7-25-11-5-6-12(26-8-10(18)4-2)14(16(22,23)24)13(11)15(19,20)21/h5-6,9-10H,3-4,7-8H2,1-2H3. The first-order chi connectivity index (χ1) is 11.9. The van der Waals surface area contributed by atoms with Crippen LogP contribution in [0.4, 0.5) is 35.1 Å². The molecule has 2 nitrogen and oxygen atoms in total. The Hall–Kier alpha value is -1.74. The Bertz CT molecular complexity index is 532. The van der Waals surface area contributed by atoms with Crippen molar-refractivity contribution in [3.8, 4) is 11.5 Å². The molecule has 0 fully saturated rings. The van der Waals surface area contributed by atoms with Crippen molar-refractivity contribution in [3.05, 3.63) is 23.3 Å². The lowest BCUT2D eigenvalue weighted by atomic mass is 10.0. The number of hydrogen-bond donors (Lipinski definition) is 0. The number of hydrogen-bond acceptors (Lipinski definition) is 2. The van der Waals surface area contributed by atoms with E-state index < -0.39 is 60.5 Å². The van der Waals surface area contributed by atoms with Crippen molar-refractivity contribution in [1.82, 2.24) is 0 Å². The van der Waals surface area contributed by atoms with Crippen molar-refractivity contribution in [2.75, 3.05) is 13.2 Å². The van der Waals surface area contributed by atoms with Crippen LogP contribution in [0.5, 0.6) is 11.5 Å². The zero-order valence-corrected chi connectivity index (χ0v) is 14.0. The Morgan fingerprint density at radius 3 is 1.27 bits per heavy atom. The van der Waals surface area contributed by atoms with Crippen LogP contribution in [-0.2, 0) is 12.4 Å². The lowest BCUT2D eigenvalue weighted by molar-refractivity contribution is -0.164. The normalized spacial score (nSPS) is 14.8. The molecule has 150 valence electrons. The predicted molar refractivity (Wildman–Crippen MR) is 77.8 cm³/mol. The minimum absolute atomic E-state index is 0.0798. The second-order valence-electron chi connectivity index (χ2n) is 5.44. The molecule has 10 heteroatoms. The molecule has 2 atom stereocenters. The van der Waals surface area contributed by atoms with Crippen molar-refractivity contribution in [2.24, 2.45) is 0 Å². The third-order valence-electron chi connectivity index (χ3n) is 3.42. The van der Waals surface area contributed by atoms with Crippen LogP contribution in [-0.4, -0.2) is 25.6 Å². The molecule has 1 rings (SSSR count). The Labute approximate surface area is 145 Å². The third kappa shape index (κ3) is 5.91. The average Bonchev–Trinajstić information content (AvgIpc) is 2.55. The molecule has 1 aromatic rings. The molecule has 0 aliphatic heterocycles. The second-order valence-corrected chi connectivity index (χ2v) is 5.44. The van der Waals surface area contributed by atoms with E-state index in [4.69, 9.17) is 0 Å². The summed E-state index contributed by atoms with van der Waals surface area (Å²) in [6.45, 7) is 1.13. The van der Waals surface area contributed by atoms with E-state index in [1.807, 2.05) is 0 Å². The van der Waals surface area contributed by atoms with Crippen molar-refractivity contribution in [1.29, 1.82) is 0 Å². The van der Waals surface area contributed by atoms with E-state index in [2.05, 4.69) is 9.47 Å². The molecule has 2 unspecified atom stereocenters. The van der Waals surface area contributed by atoms with Crippen LogP contribution in [0.25, 0.3) is 0 Å². The zero-order chi connectivity index (χ0) is 20.1. The topological polar surface area (TPSA) is 18.5 Å². The summed E-state index contributed by atoms with van der Waals surface area (Å²) >= 11 is 0. The summed E-state index contributed by atoms with van der Waals surface area (Å²) in [6, 6.07) is 1.21. The van der Waals surface area contributed by atoms with E-state index in [9.17, 15) is 35.1 Å². The van der Waals surface area contributed by atoms with Crippen molar-refractivity contribution >= 4 is 0 Å². The van der Waals surface area contributed by atoms with Crippen LogP contribution >= 0.6 is 0 Å². The van der Waals surface area contributed by atoms with Crippen LogP contribution < -0.4 is 9.47 Å². The fourth-order valence-electron chi connectivity index (χ4n) is 1.96.